The maximum Gasteiger partial charge on any atom is 0.306 e. The molecule has 0 aromatic heterocycles. The van der Waals surface area contributed by atoms with E-state index in [-0.39, 0.29) is 18.8 Å². The molecule has 0 aliphatic heterocycles. The Labute approximate surface area is 187 Å². The van der Waals surface area contributed by atoms with Crippen LogP contribution in [0.3, 0.4) is 0 Å². The standard InChI is InChI=1S/C24H29NO7/c1-4-29-21-13-10-19(15-22(21)30-5-2)25-23(27)16-32-24(28)7-6-14-31-20-11-8-18(9-12-20)17(3)26/h8-13,15H,4-7,14,16H2,1-3H3,(H,25,27). The molecule has 0 unspecified atom stereocenters. The van der Waals surface area contributed by atoms with Gasteiger partial charge in [-0.2, -0.15) is 0 Å². The van der Waals surface area contributed by atoms with Crippen molar-refractivity contribution in [3.05, 3.63) is 48.0 Å². The van der Waals surface area contributed by atoms with Gasteiger partial charge in [-0.05, 0) is 63.6 Å². The van der Waals surface area contributed by atoms with E-state index in [4.69, 9.17) is 18.9 Å². The summed E-state index contributed by atoms with van der Waals surface area (Å²) in [6, 6.07) is 11.8. The Balaban J connectivity index is 1.69. The van der Waals surface area contributed by atoms with Crippen LogP contribution in [0.1, 0.15) is 44.0 Å². The molecule has 0 saturated carbocycles. The van der Waals surface area contributed by atoms with Gasteiger partial charge in [0.05, 0.1) is 19.8 Å². The second-order valence-electron chi connectivity index (χ2n) is 6.77. The van der Waals surface area contributed by atoms with Gasteiger partial charge in [-0.15, -0.1) is 0 Å². The highest BCUT2D eigenvalue weighted by Gasteiger charge is 2.11. The third kappa shape index (κ3) is 8.29. The fourth-order valence-electron chi connectivity index (χ4n) is 2.74. The molecule has 2 aromatic carbocycles. The molecule has 8 heteroatoms. The summed E-state index contributed by atoms with van der Waals surface area (Å²) in [6.07, 6.45) is 0.557. The van der Waals surface area contributed by atoms with Crippen molar-refractivity contribution in [1.29, 1.82) is 0 Å². The van der Waals surface area contributed by atoms with E-state index in [0.29, 0.717) is 54.7 Å². The lowest BCUT2D eigenvalue weighted by Crippen LogP contribution is -2.21. The number of carbonyl (C=O) groups is 3. The van der Waals surface area contributed by atoms with Crippen LogP contribution >= 0.6 is 0 Å². The van der Waals surface area contributed by atoms with E-state index in [0.717, 1.165) is 0 Å². The van der Waals surface area contributed by atoms with Gasteiger partial charge in [0.25, 0.3) is 5.91 Å². The smallest absolute Gasteiger partial charge is 0.306 e. The Morgan fingerprint density at radius 3 is 2.22 bits per heavy atom. The molecule has 0 spiro atoms. The molecular formula is C24H29NO7. The van der Waals surface area contributed by atoms with Crippen molar-refractivity contribution < 1.29 is 33.3 Å². The Morgan fingerprint density at radius 1 is 0.875 bits per heavy atom. The van der Waals surface area contributed by atoms with E-state index in [2.05, 4.69) is 5.32 Å². The monoisotopic (exact) mass is 443 g/mol. The number of esters is 1. The number of hydrogen-bond donors (Lipinski definition) is 1. The Morgan fingerprint density at radius 2 is 1.56 bits per heavy atom. The lowest BCUT2D eigenvalue weighted by molar-refractivity contribution is -0.147. The summed E-state index contributed by atoms with van der Waals surface area (Å²) in [5, 5.41) is 2.67. The molecule has 1 amide bonds. The predicted octanol–water partition coefficient (Wildman–Crippen LogP) is 4.03. The van der Waals surface area contributed by atoms with Crippen LogP contribution in [0.25, 0.3) is 0 Å². The number of ketones is 1. The molecule has 0 radical (unpaired) electrons. The molecule has 172 valence electrons. The van der Waals surface area contributed by atoms with Gasteiger partial charge in [0.2, 0.25) is 0 Å². The number of benzene rings is 2. The predicted molar refractivity (Wildman–Crippen MR) is 120 cm³/mol. The van der Waals surface area contributed by atoms with Crippen LogP contribution in [0.4, 0.5) is 5.69 Å². The maximum absolute atomic E-state index is 12.1. The number of Topliss-reactive ketones (excluding diaryl/α,β-unsaturated/α-hetero) is 1. The zero-order valence-electron chi connectivity index (χ0n) is 18.6. The van der Waals surface area contributed by atoms with Crippen molar-refractivity contribution in [2.45, 2.75) is 33.6 Å². The lowest BCUT2D eigenvalue weighted by atomic mass is 10.1. The van der Waals surface area contributed by atoms with E-state index in [1.54, 1.807) is 42.5 Å². The number of anilines is 1. The molecule has 2 rings (SSSR count). The first-order valence-corrected chi connectivity index (χ1v) is 10.5. The summed E-state index contributed by atoms with van der Waals surface area (Å²) >= 11 is 0. The van der Waals surface area contributed by atoms with Crippen LogP contribution < -0.4 is 19.5 Å². The second-order valence-corrected chi connectivity index (χ2v) is 6.77. The van der Waals surface area contributed by atoms with Crippen molar-refractivity contribution in [2.75, 3.05) is 31.7 Å². The highest BCUT2D eigenvalue weighted by Crippen LogP contribution is 2.30. The Hall–Kier alpha value is -3.55. The molecular weight excluding hydrogens is 414 g/mol. The summed E-state index contributed by atoms with van der Waals surface area (Å²) < 4.78 is 21.6. The third-order valence-electron chi connectivity index (χ3n) is 4.25. The van der Waals surface area contributed by atoms with Gasteiger partial charge in [-0.25, -0.2) is 0 Å². The van der Waals surface area contributed by atoms with Gasteiger partial charge in [0, 0.05) is 23.7 Å². The fraction of sp³-hybridized carbons (Fsp3) is 0.375. The number of nitrogens with one attached hydrogen (secondary N) is 1. The van der Waals surface area contributed by atoms with E-state index in [9.17, 15) is 14.4 Å². The Kier molecular flexibility index (Phi) is 10.0. The first-order valence-electron chi connectivity index (χ1n) is 10.5. The van der Waals surface area contributed by atoms with E-state index in [1.807, 2.05) is 13.8 Å². The van der Waals surface area contributed by atoms with Crippen molar-refractivity contribution >= 4 is 23.3 Å². The molecule has 0 fully saturated rings. The molecule has 0 bridgehead atoms. The van der Waals surface area contributed by atoms with Gasteiger partial charge in [0.1, 0.15) is 5.75 Å². The molecule has 1 N–H and O–H groups in total. The van der Waals surface area contributed by atoms with Crippen molar-refractivity contribution in [3.8, 4) is 17.2 Å². The highest BCUT2D eigenvalue weighted by molar-refractivity contribution is 5.94. The quantitative estimate of drug-likeness (QED) is 0.283. The SMILES string of the molecule is CCOc1ccc(NC(=O)COC(=O)CCCOc2ccc(C(C)=O)cc2)cc1OCC. The minimum absolute atomic E-state index is 0.0133. The highest BCUT2D eigenvalue weighted by atomic mass is 16.5. The molecule has 0 aliphatic carbocycles. The molecule has 0 aliphatic rings. The van der Waals surface area contributed by atoms with Crippen molar-refractivity contribution in [1.82, 2.24) is 0 Å². The van der Waals surface area contributed by atoms with Crippen LogP contribution in [-0.2, 0) is 14.3 Å². The molecule has 0 heterocycles. The lowest BCUT2D eigenvalue weighted by Gasteiger charge is -2.13. The molecule has 32 heavy (non-hydrogen) atoms. The van der Waals surface area contributed by atoms with E-state index < -0.39 is 11.9 Å². The number of rotatable bonds is 13. The van der Waals surface area contributed by atoms with Crippen LogP contribution in [0, 0.1) is 0 Å². The summed E-state index contributed by atoms with van der Waals surface area (Å²) in [7, 11) is 0. The zero-order valence-corrected chi connectivity index (χ0v) is 18.6. The van der Waals surface area contributed by atoms with Crippen LogP contribution in [0.5, 0.6) is 17.2 Å². The molecule has 0 saturated heterocycles. The second kappa shape index (κ2) is 13.0. The first-order chi connectivity index (χ1) is 15.4. The number of hydrogen-bond acceptors (Lipinski definition) is 7. The van der Waals surface area contributed by atoms with Crippen LogP contribution in [0.2, 0.25) is 0 Å². The van der Waals surface area contributed by atoms with Gasteiger partial charge in [0.15, 0.2) is 23.9 Å². The van der Waals surface area contributed by atoms with Crippen LogP contribution in [-0.4, -0.2) is 44.1 Å². The zero-order chi connectivity index (χ0) is 23.3. The van der Waals surface area contributed by atoms with Gasteiger partial charge in [-0.1, -0.05) is 0 Å². The van der Waals surface area contributed by atoms with Gasteiger partial charge < -0.3 is 24.3 Å². The largest absolute Gasteiger partial charge is 0.494 e. The minimum atomic E-state index is -0.489. The van der Waals surface area contributed by atoms with E-state index in [1.165, 1.54) is 6.92 Å². The first kappa shape index (κ1) is 24.7. The van der Waals surface area contributed by atoms with Gasteiger partial charge in [-0.3, -0.25) is 14.4 Å². The fourth-order valence-corrected chi connectivity index (χ4v) is 2.74. The Bertz CT molecular complexity index is 909. The minimum Gasteiger partial charge on any atom is -0.494 e. The van der Waals surface area contributed by atoms with Crippen molar-refractivity contribution in [2.24, 2.45) is 0 Å². The summed E-state index contributed by atoms with van der Waals surface area (Å²) in [6.45, 7) is 6.12. The topological polar surface area (TPSA) is 100 Å². The van der Waals surface area contributed by atoms with Gasteiger partial charge >= 0.3 is 5.97 Å². The maximum atomic E-state index is 12.1. The molecule has 8 nitrogen and oxygen atoms in total. The van der Waals surface area contributed by atoms with E-state index >= 15 is 0 Å². The number of ether oxygens (including phenoxy) is 4. The average Bonchev–Trinajstić information content (AvgIpc) is 2.77. The number of amides is 1. The molecule has 2 aromatic rings. The normalized spacial score (nSPS) is 10.2. The average molecular weight is 443 g/mol. The summed E-state index contributed by atoms with van der Waals surface area (Å²) in [4.78, 5) is 35.2. The van der Waals surface area contributed by atoms with Crippen molar-refractivity contribution in [3.63, 3.8) is 0 Å². The number of carbonyl (C=O) groups excluding carboxylic acids is 3. The molecule has 0 atom stereocenters. The summed E-state index contributed by atoms with van der Waals surface area (Å²) in [5.41, 5.74) is 1.13. The summed E-state index contributed by atoms with van der Waals surface area (Å²) in [5.74, 6) is 0.783. The van der Waals surface area contributed by atoms with Crippen LogP contribution in [0.15, 0.2) is 42.5 Å². The third-order valence-corrected chi connectivity index (χ3v) is 4.25.